The van der Waals surface area contributed by atoms with E-state index in [2.05, 4.69) is 82.5 Å². The number of benzene rings is 4. The first kappa shape index (κ1) is 50.4. The highest BCUT2D eigenvalue weighted by Gasteiger charge is 2.54. The summed E-state index contributed by atoms with van der Waals surface area (Å²) in [7, 11) is 9.47. The lowest BCUT2D eigenvalue weighted by Gasteiger charge is -2.58. The van der Waals surface area contributed by atoms with Crippen LogP contribution in [0.2, 0.25) is 20.1 Å². The molecule has 0 unspecified atom stereocenters. The summed E-state index contributed by atoms with van der Waals surface area (Å²) in [6.07, 6.45) is 12.1. The average Bonchev–Trinajstić information content (AvgIpc) is 3.29. The number of ketones is 1. The van der Waals surface area contributed by atoms with Crippen LogP contribution in [0.5, 0.6) is 0 Å². The average molecular weight is 976 g/mol. The van der Waals surface area contributed by atoms with Gasteiger partial charge in [-0.2, -0.15) is 0 Å². The highest BCUT2D eigenvalue weighted by Crippen LogP contribution is 2.47. The fourth-order valence-corrected chi connectivity index (χ4v) is 12.8. The third-order valence-electron chi connectivity index (χ3n) is 16.2. The summed E-state index contributed by atoms with van der Waals surface area (Å²) in [5.41, 5.74) is 5.50. The summed E-state index contributed by atoms with van der Waals surface area (Å²) in [5, 5.41) is 2.54. The second kappa shape index (κ2) is 21.9. The van der Waals surface area contributed by atoms with Crippen molar-refractivity contribution in [3.05, 3.63) is 139 Å². The molecule has 3 fully saturated rings. The molecule has 1 aliphatic heterocycles. The minimum absolute atomic E-state index is 0.0121. The van der Waals surface area contributed by atoms with Gasteiger partial charge in [-0.1, -0.05) is 94.4 Å². The van der Waals surface area contributed by atoms with Crippen LogP contribution in [-0.4, -0.2) is 108 Å². The number of quaternary nitrogens is 1. The highest BCUT2D eigenvalue weighted by molar-refractivity contribution is 6.36. The molecule has 11 heteroatoms. The van der Waals surface area contributed by atoms with Crippen molar-refractivity contribution in [2.75, 3.05) is 47.8 Å². The Bertz CT molecular complexity index is 2290. The number of aryl methyl sites for hydroxylation is 1. The molecule has 7 rings (SSSR count). The summed E-state index contributed by atoms with van der Waals surface area (Å²) in [6.45, 7) is 3.65. The van der Waals surface area contributed by atoms with E-state index in [1.807, 2.05) is 34.1 Å². The first-order valence-corrected chi connectivity index (χ1v) is 25.6. The van der Waals surface area contributed by atoms with E-state index >= 15 is 0 Å². The molecule has 0 spiro atoms. The Kier molecular flexibility index (Phi) is 16.7. The molecule has 66 heavy (non-hydrogen) atoms. The lowest BCUT2D eigenvalue weighted by atomic mass is 9.69. The molecule has 1 heterocycles. The van der Waals surface area contributed by atoms with Crippen LogP contribution in [0.15, 0.2) is 91.0 Å². The maximum absolute atomic E-state index is 14.6. The number of amides is 2. The van der Waals surface area contributed by atoms with Crippen molar-refractivity contribution >= 4 is 64.0 Å². The van der Waals surface area contributed by atoms with Gasteiger partial charge in [0.05, 0.1) is 20.1 Å². The van der Waals surface area contributed by atoms with Crippen molar-refractivity contribution in [2.24, 2.45) is 5.92 Å². The zero-order valence-corrected chi connectivity index (χ0v) is 42.7. The molecule has 0 aromatic heterocycles. The van der Waals surface area contributed by atoms with Crippen molar-refractivity contribution in [3.63, 3.8) is 0 Å². The third-order valence-corrected chi connectivity index (χ3v) is 17.4. The molecule has 0 atom stereocenters. The van der Waals surface area contributed by atoms with Gasteiger partial charge in [-0.25, -0.2) is 0 Å². The number of likely N-dealkylation sites (tertiary alicyclic amines) is 1. The fourth-order valence-electron chi connectivity index (χ4n) is 11.9. The van der Waals surface area contributed by atoms with Crippen LogP contribution in [0.4, 0.5) is 0 Å². The van der Waals surface area contributed by atoms with E-state index in [0.717, 1.165) is 79.3 Å². The standard InChI is InChI=1S/C55H69Cl4N4O3/c1-39-9-6-10-40(35-39)37-54(60(2)3)28-23-47(24-29-54)63(4,5)55(38-41-11-7-12-45(57)36-41)30-21-46(22-31-55)62(34-27-48-49(58)13-8-14-50(48)59)52(65)20-19-51(64)61-32-25-43(26-33-61)53(66)42-15-17-44(56)18-16-42/h6-18,35-36,43,46-47H,19-34,37-38H2,1-5H3/q+1. The first-order chi connectivity index (χ1) is 31.5. The summed E-state index contributed by atoms with van der Waals surface area (Å²) < 4.78 is 0.917. The SMILES string of the molecule is Cc1cccc(CC2(N(C)C)CCC([N+](C)(C)C3(Cc4cccc(Cl)c4)CCC(N(CCc4c(Cl)cccc4Cl)C(=O)CCC(=O)N4CCC(C(=O)c5ccc(Cl)cc5)CC4)CC3)CC2)c1. The molecule has 7 nitrogen and oxygen atoms in total. The van der Waals surface area contributed by atoms with Crippen molar-refractivity contribution in [1.29, 1.82) is 0 Å². The van der Waals surface area contributed by atoms with Crippen molar-refractivity contribution < 1.29 is 18.9 Å². The number of carbonyl (C=O) groups excluding carboxylic acids is 3. The van der Waals surface area contributed by atoms with Crippen LogP contribution >= 0.6 is 46.4 Å². The van der Waals surface area contributed by atoms with Gasteiger partial charge in [0.2, 0.25) is 11.8 Å². The van der Waals surface area contributed by atoms with Gasteiger partial charge in [0, 0.05) is 108 Å². The molecule has 2 aliphatic carbocycles. The molecule has 0 radical (unpaired) electrons. The van der Waals surface area contributed by atoms with Crippen LogP contribution in [-0.2, 0) is 28.9 Å². The molecular formula is C55H69Cl4N4O3+. The predicted octanol–water partition coefficient (Wildman–Crippen LogP) is 12.4. The van der Waals surface area contributed by atoms with Gasteiger partial charge in [0.1, 0.15) is 5.54 Å². The minimum Gasteiger partial charge on any atom is -0.343 e. The number of rotatable bonds is 16. The molecule has 1 saturated heterocycles. The number of halogens is 4. The van der Waals surface area contributed by atoms with E-state index in [1.54, 1.807) is 24.3 Å². The van der Waals surface area contributed by atoms with Crippen molar-refractivity contribution in [1.82, 2.24) is 14.7 Å². The predicted molar refractivity (Wildman–Crippen MR) is 272 cm³/mol. The Morgan fingerprint density at radius 1 is 0.697 bits per heavy atom. The van der Waals surface area contributed by atoms with Crippen LogP contribution < -0.4 is 0 Å². The van der Waals surface area contributed by atoms with E-state index in [9.17, 15) is 14.4 Å². The minimum atomic E-state index is -0.140. The van der Waals surface area contributed by atoms with Crippen molar-refractivity contribution in [2.45, 2.75) is 126 Å². The van der Waals surface area contributed by atoms with Crippen molar-refractivity contribution in [3.8, 4) is 0 Å². The zero-order valence-electron chi connectivity index (χ0n) is 39.6. The summed E-state index contributed by atoms with van der Waals surface area (Å²) in [4.78, 5) is 47.8. The molecule has 0 bridgehead atoms. The number of piperidine rings is 1. The molecule has 4 aromatic rings. The fraction of sp³-hybridized carbons (Fsp3) is 0.509. The molecule has 3 aliphatic rings. The monoisotopic (exact) mass is 973 g/mol. The number of Topliss-reactive ketones (excluding diaryl/α,β-unsaturated/α-hetero) is 1. The summed E-state index contributed by atoms with van der Waals surface area (Å²) in [6, 6.07) is 30.4. The normalized spacial score (nSPS) is 22.9. The summed E-state index contributed by atoms with van der Waals surface area (Å²) >= 11 is 26.1. The second-order valence-electron chi connectivity index (χ2n) is 20.4. The molecule has 2 saturated carbocycles. The Balaban J connectivity index is 1.06. The smallest absolute Gasteiger partial charge is 0.223 e. The van der Waals surface area contributed by atoms with Gasteiger partial charge < -0.3 is 19.2 Å². The van der Waals surface area contributed by atoms with E-state index in [1.165, 1.54) is 16.7 Å². The van der Waals surface area contributed by atoms with Crippen LogP contribution in [0.25, 0.3) is 0 Å². The van der Waals surface area contributed by atoms with E-state index in [-0.39, 0.29) is 53.5 Å². The first-order valence-electron chi connectivity index (χ1n) is 24.1. The molecular weight excluding hydrogens is 906 g/mol. The molecule has 2 amide bonds. The van der Waals surface area contributed by atoms with Crippen LogP contribution in [0, 0.1) is 12.8 Å². The molecule has 354 valence electrons. The number of likely N-dealkylation sites (N-methyl/N-ethyl adjacent to an activating group) is 2. The number of carbonyl (C=O) groups is 3. The Morgan fingerprint density at radius 3 is 1.91 bits per heavy atom. The van der Waals surface area contributed by atoms with E-state index < -0.39 is 0 Å². The number of hydrogen-bond acceptors (Lipinski definition) is 4. The van der Waals surface area contributed by atoms with E-state index in [0.29, 0.717) is 65.6 Å². The lowest BCUT2D eigenvalue weighted by Crippen LogP contribution is -2.68. The lowest BCUT2D eigenvalue weighted by molar-refractivity contribution is -0.967. The zero-order chi connectivity index (χ0) is 47.2. The molecule has 0 N–H and O–H groups in total. The van der Waals surface area contributed by atoms with E-state index in [4.69, 9.17) is 46.4 Å². The van der Waals surface area contributed by atoms with Gasteiger partial charge in [-0.3, -0.25) is 14.4 Å². The molecule has 4 aromatic carbocycles. The third kappa shape index (κ3) is 11.7. The maximum Gasteiger partial charge on any atom is 0.223 e. The topological polar surface area (TPSA) is 60.9 Å². The van der Waals surface area contributed by atoms with Gasteiger partial charge in [0.25, 0.3) is 0 Å². The number of hydrogen-bond donors (Lipinski definition) is 0. The number of nitrogens with zero attached hydrogens (tertiary/aromatic N) is 4. The van der Waals surface area contributed by atoms with Crippen LogP contribution in [0.1, 0.15) is 110 Å². The van der Waals surface area contributed by atoms with Gasteiger partial charge in [-0.05, 0) is 138 Å². The summed E-state index contributed by atoms with van der Waals surface area (Å²) in [5.74, 6) is -0.101. The highest BCUT2D eigenvalue weighted by atomic mass is 35.5. The second-order valence-corrected chi connectivity index (χ2v) is 22.1. The Labute approximate surface area is 414 Å². The Hall–Kier alpha value is -3.43. The van der Waals surface area contributed by atoms with Gasteiger partial charge in [-0.15, -0.1) is 0 Å². The largest absolute Gasteiger partial charge is 0.343 e. The van der Waals surface area contributed by atoms with Gasteiger partial charge >= 0.3 is 0 Å². The Morgan fingerprint density at radius 2 is 1.30 bits per heavy atom. The van der Waals surface area contributed by atoms with Gasteiger partial charge in [0.15, 0.2) is 5.78 Å². The quantitative estimate of drug-likeness (QED) is 0.0829. The maximum atomic E-state index is 14.6. The van der Waals surface area contributed by atoms with Crippen LogP contribution in [0.3, 0.4) is 0 Å².